The van der Waals surface area contributed by atoms with Crippen LogP contribution >= 0.6 is 0 Å². The average molecular weight is 297 g/mol. The number of nitrogens with zero attached hydrogens (tertiary/aromatic N) is 1. The van der Waals surface area contributed by atoms with Crippen LogP contribution in [0.15, 0.2) is 48.5 Å². The van der Waals surface area contributed by atoms with E-state index in [0.29, 0.717) is 19.5 Å². The lowest BCUT2D eigenvalue weighted by molar-refractivity contribution is -0.131. The van der Waals surface area contributed by atoms with Gasteiger partial charge in [0.25, 0.3) is 0 Å². The van der Waals surface area contributed by atoms with Crippen LogP contribution in [0.3, 0.4) is 0 Å². The Kier molecular flexibility index (Phi) is 5.73. The van der Waals surface area contributed by atoms with Crippen molar-refractivity contribution >= 4 is 5.91 Å². The molecule has 0 spiro atoms. The zero-order chi connectivity index (χ0) is 15.9. The summed E-state index contributed by atoms with van der Waals surface area (Å²) in [5, 5.41) is 9.23. The van der Waals surface area contributed by atoms with E-state index < -0.39 is 0 Å². The maximum absolute atomic E-state index is 12.6. The number of carbonyl (C=O) groups excluding carboxylic acids is 1. The molecule has 2 aromatic rings. The molecule has 0 radical (unpaired) electrons. The molecule has 0 atom stereocenters. The topological polar surface area (TPSA) is 40.5 Å². The van der Waals surface area contributed by atoms with Gasteiger partial charge in [0.2, 0.25) is 5.91 Å². The number of rotatable bonds is 6. The standard InChI is InChI=1S/C19H23NO2/c1-15-8-9-16(2)18(12-15)13-19(22)20(10-11-21)14-17-6-4-3-5-7-17/h3-9,12,21H,10-11,13-14H2,1-2H3. The van der Waals surface area contributed by atoms with Crippen molar-refractivity contribution in [3.05, 3.63) is 70.8 Å². The van der Waals surface area contributed by atoms with E-state index >= 15 is 0 Å². The van der Waals surface area contributed by atoms with Crippen LogP contribution in [0, 0.1) is 13.8 Å². The second kappa shape index (κ2) is 7.76. The summed E-state index contributed by atoms with van der Waals surface area (Å²) in [5.74, 6) is 0.0478. The first-order chi connectivity index (χ1) is 10.6. The lowest BCUT2D eigenvalue weighted by atomic mass is 10.0. The van der Waals surface area contributed by atoms with Crippen LogP contribution in [0.2, 0.25) is 0 Å². The summed E-state index contributed by atoms with van der Waals surface area (Å²) < 4.78 is 0. The molecule has 0 aliphatic heterocycles. The van der Waals surface area contributed by atoms with E-state index in [9.17, 15) is 9.90 Å². The molecule has 0 aliphatic carbocycles. The quantitative estimate of drug-likeness (QED) is 0.890. The van der Waals surface area contributed by atoms with Crippen LogP contribution in [0.25, 0.3) is 0 Å². The SMILES string of the molecule is Cc1ccc(C)c(CC(=O)N(CCO)Cc2ccccc2)c1. The van der Waals surface area contributed by atoms with E-state index in [1.54, 1.807) is 4.90 Å². The van der Waals surface area contributed by atoms with Gasteiger partial charge in [0, 0.05) is 13.1 Å². The molecule has 116 valence electrons. The molecule has 0 saturated carbocycles. The molecule has 0 aromatic heterocycles. The van der Waals surface area contributed by atoms with E-state index in [1.165, 1.54) is 0 Å². The van der Waals surface area contributed by atoms with Crippen molar-refractivity contribution in [2.45, 2.75) is 26.8 Å². The third-order valence-electron chi connectivity index (χ3n) is 3.79. The van der Waals surface area contributed by atoms with Crippen LogP contribution in [0.5, 0.6) is 0 Å². The minimum Gasteiger partial charge on any atom is -0.395 e. The predicted octanol–water partition coefficient (Wildman–Crippen LogP) is 2.87. The molecule has 0 bridgehead atoms. The van der Waals surface area contributed by atoms with Crippen molar-refractivity contribution in [1.82, 2.24) is 4.90 Å². The first-order valence-electron chi connectivity index (χ1n) is 7.59. The Labute approximate surface area is 132 Å². The summed E-state index contributed by atoms with van der Waals surface area (Å²) in [6.07, 6.45) is 0.375. The van der Waals surface area contributed by atoms with Crippen LogP contribution in [0.4, 0.5) is 0 Å². The van der Waals surface area contributed by atoms with Gasteiger partial charge >= 0.3 is 0 Å². The van der Waals surface area contributed by atoms with Gasteiger partial charge in [-0.3, -0.25) is 4.79 Å². The molecular formula is C19H23NO2. The Morgan fingerprint density at radius 1 is 1.09 bits per heavy atom. The molecule has 0 heterocycles. The second-order valence-corrected chi connectivity index (χ2v) is 5.63. The van der Waals surface area contributed by atoms with E-state index in [1.807, 2.05) is 50.2 Å². The number of aliphatic hydroxyl groups excluding tert-OH is 1. The van der Waals surface area contributed by atoms with Gasteiger partial charge in [-0.15, -0.1) is 0 Å². The molecule has 2 rings (SSSR count). The number of benzene rings is 2. The Morgan fingerprint density at radius 3 is 2.50 bits per heavy atom. The van der Waals surface area contributed by atoms with Crippen LogP contribution in [-0.2, 0) is 17.8 Å². The van der Waals surface area contributed by atoms with Gasteiger partial charge in [0.15, 0.2) is 0 Å². The van der Waals surface area contributed by atoms with Gasteiger partial charge in [0.05, 0.1) is 13.0 Å². The van der Waals surface area contributed by atoms with Gasteiger partial charge in [0.1, 0.15) is 0 Å². The highest BCUT2D eigenvalue weighted by Crippen LogP contribution is 2.14. The smallest absolute Gasteiger partial charge is 0.227 e. The summed E-state index contributed by atoms with van der Waals surface area (Å²) in [7, 11) is 0. The van der Waals surface area contributed by atoms with Crippen molar-refractivity contribution in [1.29, 1.82) is 0 Å². The van der Waals surface area contributed by atoms with Gasteiger partial charge in [-0.1, -0.05) is 54.1 Å². The summed E-state index contributed by atoms with van der Waals surface area (Å²) in [5.41, 5.74) is 4.42. The summed E-state index contributed by atoms with van der Waals surface area (Å²) in [4.78, 5) is 14.3. The highest BCUT2D eigenvalue weighted by Gasteiger charge is 2.15. The zero-order valence-electron chi connectivity index (χ0n) is 13.2. The van der Waals surface area contributed by atoms with Crippen LogP contribution in [0.1, 0.15) is 22.3 Å². The molecule has 1 N–H and O–H groups in total. The highest BCUT2D eigenvalue weighted by molar-refractivity contribution is 5.79. The van der Waals surface area contributed by atoms with E-state index in [2.05, 4.69) is 12.1 Å². The normalized spacial score (nSPS) is 10.5. The zero-order valence-corrected chi connectivity index (χ0v) is 13.2. The minimum absolute atomic E-state index is 0.0224. The lowest BCUT2D eigenvalue weighted by Crippen LogP contribution is -2.34. The average Bonchev–Trinajstić information content (AvgIpc) is 2.51. The van der Waals surface area contributed by atoms with Crippen molar-refractivity contribution in [2.24, 2.45) is 0 Å². The van der Waals surface area contributed by atoms with Crippen molar-refractivity contribution < 1.29 is 9.90 Å². The fraction of sp³-hybridized carbons (Fsp3) is 0.316. The first-order valence-corrected chi connectivity index (χ1v) is 7.59. The minimum atomic E-state index is -0.0224. The van der Waals surface area contributed by atoms with Crippen LogP contribution in [-0.4, -0.2) is 29.1 Å². The van der Waals surface area contributed by atoms with Crippen molar-refractivity contribution in [3.8, 4) is 0 Å². The molecule has 22 heavy (non-hydrogen) atoms. The summed E-state index contributed by atoms with van der Waals surface area (Å²) in [6.45, 7) is 4.92. The predicted molar refractivity (Wildman–Crippen MR) is 88.6 cm³/mol. The fourth-order valence-corrected chi connectivity index (χ4v) is 2.48. The maximum atomic E-state index is 12.6. The lowest BCUT2D eigenvalue weighted by Gasteiger charge is -2.22. The third kappa shape index (κ3) is 4.43. The number of aliphatic hydroxyl groups is 1. The monoisotopic (exact) mass is 297 g/mol. The van der Waals surface area contributed by atoms with Gasteiger partial charge in [-0.25, -0.2) is 0 Å². The largest absolute Gasteiger partial charge is 0.395 e. The number of amides is 1. The number of carbonyl (C=O) groups is 1. The molecule has 2 aromatic carbocycles. The summed E-state index contributed by atoms with van der Waals surface area (Å²) in [6, 6.07) is 16.0. The molecule has 3 heteroatoms. The van der Waals surface area contributed by atoms with Crippen LogP contribution < -0.4 is 0 Å². The van der Waals surface area contributed by atoms with Gasteiger partial charge in [-0.05, 0) is 30.5 Å². The molecule has 0 aliphatic rings. The Morgan fingerprint density at radius 2 is 1.82 bits per heavy atom. The Balaban J connectivity index is 2.11. The molecule has 0 saturated heterocycles. The number of aryl methyl sites for hydroxylation is 2. The fourth-order valence-electron chi connectivity index (χ4n) is 2.48. The number of hydrogen-bond acceptors (Lipinski definition) is 2. The summed E-state index contributed by atoms with van der Waals surface area (Å²) >= 11 is 0. The van der Waals surface area contributed by atoms with Crippen molar-refractivity contribution in [2.75, 3.05) is 13.2 Å². The maximum Gasteiger partial charge on any atom is 0.227 e. The molecule has 0 fully saturated rings. The molecule has 0 unspecified atom stereocenters. The van der Waals surface area contributed by atoms with Gasteiger partial charge in [-0.2, -0.15) is 0 Å². The highest BCUT2D eigenvalue weighted by atomic mass is 16.3. The Hall–Kier alpha value is -2.13. The van der Waals surface area contributed by atoms with E-state index in [4.69, 9.17) is 0 Å². The third-order valence-corrected chi connectivity index (χ3v) is 3.79. The molecule has 3 nitrogen and oxygen atoms in total. The molecule has 1 amide bonds. The second-order valence-electron chi connectivity index (χ2n) is 5.63. The van der Waals surface area contributed by atoms with E-state index in [-0.39, 0.29) is 12.5 Å². The van der Waals surface area contributed by atoms with Gasteiger partial charge < -0.3 is 10.0 Å². The first kappa shape index (κ1) is 16.2. The van der Waals surface area contributed by atoms with Crippen molar-refractivity contribution in [3.63, 3.8) is 0 Å². The Bertz CT molecular complexity index is 623. The molecular weight excluding hydrogens is 274 g/mol. The number of hydrogen-bond donors (Lipinski definition) is 1. The van der Waals surface area contributed by atoms with E-state index in [0.717, 1.165) is 22.3 Å².